The van der Waals surface area contributed by atoms with Gasteiger partial charge in [0.05, 0.1) is 12.1 Å². The van der Waals surface area contributed by atoms with E-state index < -0.39 is 5.76 Å². The maximum Gasteiger partial charge on any atom is 0.420 e. The van der Waals surface area contributed by atoms with Gasteiger partial charge in [0.1, 0.15) is 18.9 Å². The van der Waals surface area contributed by atoms with Gasteiger partial charge in [-0.15, -0.1) is 0 Å². The third kappa shape index (κ3) is 4.03. The minimum Gasteiger partial charge on any atom is -0.492 e. The average molecular weight is 361 g/mol. The van der Waals surface area contributed by atoms with Gasteiger partial charge >= 0.3 is 5.76 Å². The topological polar surface area (TPSA) is 64.7 Å². The number of hydrogen-bond acceptors (Lipinski definition) is 4. The molecule has 0 bridgehead atoms. The Morgan fingerprint density at radius 2 is 2.04 bits per heavy atom. The van der Waals surface area contributed by atoms with E-state index in [4.69, 9.17) is 20.8 Å². The van der Waals surface area contributed by atoms with Gasteiger partial charge in [-0.1, -0.05) is 29.8 Å². The van der Waals surface area contributed by atoms with Crippen LogP contribution in [0.2, 0.25) is 5.02 Å². The molecule has 0 N–H and O–H groups in total. The van der Waals surface area contributed by atoms with Crippen LogP contribution in [0.15, 0.2) is 57.7 Å². The zero-order valence-electron chi connectivity index (χ0n) is 13.6. The molecule has 25 heavy (non-hydrogen) atoms. The van der Waals surface area contributed by atoms with E-state index >= 15 is 0 Å². The summed E-state index contributed by atoms with van der Waals surface area (Å²) in [5, 5.41) is 0.591. The molecule has 0 aliphatic carbocycles. The molecule has 0 saturated carbocycles. The SMILES string of the molecule is CN(CCOc1cccc(Cl)c1)C(=O)Cn1c(=O)oc2ccccc21. The molecular weight excluding hydrogens is 344 g/mol. The molecule has 130 valence electrons. The summed E-state index contributed by atoms with van der Waals surface area (Å²) < 4.78 is 12.0. The monoisotopic (exact) mass is 360 g/mol. The Morgan fingerprint density at radius 1 is 1.24 bits per heavy atom. The molecule has 1 amide bonds. The van der Waals surface area contributed by atoms with Crippen molar-refractivity contribution < 1.29 is 13.9 Å². The highest BCUT2D eigenvalue weighted by atomic mass is 35.5. The largest absolute Gasteiger partial charge is 0.492 e. The molecule has 1 heterocycles. The molecule has 0 fully saturated rings. The molecule has 3 rings (SSSR count). The molecule has 3 aromatic rings. The van der Waals surface area contributed by atoms with E-state index in [0.29, 0.717) is 35.0 Å². The maximum absolute atomic E-state index is 12.4. The summed E-state index contributed by atoms with van der Waals surface area (Å²) in [6.07, 6.45) is 0. The summed E-state index contributed by atoms with van der Waals surface area (Å²) in [6.45, 7) is 0.628. The average Bonchev–Trinajstić information content (AvgIpc) is 2.90. The first-order valence-electron chi connectivity index (χ1n) is 7.75. The smallest absolute Gasteiger partial charge is 0.420 e. The fraction of sp³-hybridized carbons (Fsp3) is 0.222. The van der Waals surface area contributed by atoms with E-state index in [1.165, 1.54) is 9.47 Å². The van der Waals surface area contributed by atoms with Crippen LogP contribution < -0.4 is 10.5 Å². The highest BCUT2D eigenvalue weighted by Gasteiger charge is 2.15. The van der Waals surface area contributed by atoms with Crippen LogP contribution in [0.3, 0.4) is 0 Å². The van der Waals surface area contributed by atoms with Gasteiger partial charge in [-0.05, 0) is 30.3 Å². The van der Waals surface area contributed by atoms with Crippen molar-refractivity contribution in [2.45, 2.75) is 6.54 Å². The van der Waals surface area contributed by atoms with Gasteiger partial charge in [0, 0.05) is 12.1 Å². The van der Waals surface area contributed by atoms with E-state index in [0.717, 1.165) is 0 Å². The third-order valence-electron chi connectivity index (χ3n) is 3.78. The highest BCUT2D eigenvalue weighted by molar-refractivity contribution is 6.30. The number of para-hydroxylation sites is 2. The van der Waals surface area contributed by atoms with Crippen molar-refractivity contribution in [1.29, 1.82) is 0 Å². The second kappa shape index (κ2) is 7.44. The Hall–Kier alpha value is -2.73. The van der Waals surface area contributed by atoms with Gasteiger partial charge < -0.3 is 14.1 Å². The maximum atomic E-state index is 12.4. The van der Waals surface area contributed by atoms with Gasteiger partial charge in [-0.2, -0.15) is 0 Å². The van der Waals surface area contributed by atoms with E-state index in [2.05, 4.69) is 0 Å². The Kier molecular flexibility index (Phi) is 5.09. The van der Waals surface area contributed by atoms with Crippen molar-refractivity contribution in [2.75, 3.05) is 20.2 Å². The minimum atomic E-state index is -0.543. The molecule has 7 heteroatoms. The van der Waals surface area contributed by atoms with Gasteiger partial charge in [0.15, 0.2) is 5.58 Å². The number of amides is 1. The number of ether oxygens (including phenoxy) is 1. The van der Waals surface area contributed by atoms with Crippen molar-refractivity contribution in [3.8, 4) is 5.75 Å². The van der Waals surface area contributed by atoms with Crippen LogP contribution in [0.25, 0.3) is 11.1 Å². The van der Waals surface area contributed by atoms with E-state index in [-0.39, 0.29) is 12.5 Å². The number of benzene rings is 2. The molecule has 0 unspecified atom stereocenters. The number of hydrogen-bond donors (Lipinski definition) is 0. The first-order valence-corrected chi connectivity index (χ1v) is 8.13. The fourth-order valence-electron chi connectivity index (χ4n) is 2.40. The molecule has 0 spiro atoms. The predicted molar refractivity (Wildman–Crippen MR) is 95.1 cm³/mol. The van der Waals surface area contributed by atoms with E-state index in [9.17, 15) is 9.59 Å². The predicted octanol–water partition coefficient (Wildman–Crippen LogP) is 2.79. The van der Waals surface area contributed by atoms with E-state index in [1.54, 1.807) is 55.6 Å². The second-order valence-electron chi connectivity index (χ2n) is 5.54. The lowest BCUT2D eigenvalue weighted by Crippen LogP contribution is -2.35. The summed E-state index contributed by atoms with van der Waals surface area (Å²) in [6, 6.07) is 14.1. The number of nitrogens with zero attached hydrogens (tertiary/aromatic N) is 2. The number of oxazole rings is 1. The normalized spacial score (nSPS) is 10.8. The second-order valence-corrected chi connectivity index (χ2v) is 5.98. The third-order valence-corrected chi connectivity index (χ3v) is 4.02. The number of carbonyl (C=O) groups excluding carboxylic acids is 1. The first-order chi connectivity index (χ1) is 12.0. The molecule has 6 nitrogen and oxygen atoms in total. The first kappa shape index (κ1) is 17.1. The number of carbonyl (C=O) groups is 1. The summed E-state index contributed by atoms with van der Waals surface area (Å²) in [5.41, 5.74) is 1.07. The Balaban J connectivity index is 1.59. The van der Waals surface area contributed by atoms with Gasteiger partial charge in [-0.3, -0.25) is 9.36 Å². The molecule has 0 aliphatic heterocycles. The molecule has 0 radical (unpaired) electrons. The van der Waals surface area contributed by atoms with Gasteiger partial charge in [-0.25, -0.2) is 4.79 Å². The molecule has 0 saturated heterocycles. The Labute approximate surface area is 149 Å². The molecule has 2 aromatic carbocycles. The summed E-state index contributed by atoms with van der Waals surface area (Å²) in [7, 11) is 1.66. The van der Waals surface area contributed by atoms with Crippen molar-refractivity contribution in [1.82, 2.24) is 9.47 Å². The zero-order chi connectivity index (χ0) is 17.8. The lowest BCUT2D eigenvalue weighted by atomic mass is 10.3. The standard InChI is InChI=1S/C18H17ClN2O4/c1-20(9-10-24-14-6-4-5-13(19)11-14)17(22)12-21-15-7-2-3-8-16(15)25-18(21)23/h2-8,11H,9-10,12H2,1H3. The Bertz CT molecular complexity index is 947. The summed E-state index contributed by atoms with van der Waals surface area (Å²) >= 11 is 5.89. The van der Waals surface area contributed by atoms with Crippen LogP contribution in [-0.4, -0.2) is 35.6 Å². The Morgan fingerprint density at radius 3 is 2.84 bits per heavy atom. The van der Waals surface area contributed by atoms with Gasteiger partial charge in [0.25, 0.3) is 0 Å². The van der Waals surface area contributed by atoms with Crippen LogP contribution in [-0.2, 0) is 11.3 Å². The van der Waals surface area contributed by atoms with Gasteiger partial charge in [0.2, 0.25) is 5.91 Å². The van der Waals surface area contributed by atoms with Crippen molar-refractivity contribution in [3.05, 3.63) is 64.1 Å². The van der Waals surface area contributed by atoms with Crippen molar-refractivity contribution >= 4 is 28.6 Å². The van der Waals surface area contributed by atoms with Crippen molar-refractivity contribution in [3.63, 3.8) is 0 Å². The lowest BCUT2D eigenvalue weighted by Gasteiger charge is -2.17. The fourth-order valence-corrected chi connectivity index (χ4v) is 2.58. The number of halogens is 1. The minimum absolute atomic E-state index is 0.0798. The van der Waals surface area contributed by atoms with Crippen LogP contribution in [0.1, 0.15) is 0 Å². The van der Waals surface area contributed by atoms with Crippen LogP contribution in [0, 0.1) is 0 Å². The highest BCUT2D eigenvalue weighted by Crippen LogP contribution is 2.17. The number of aromatic nitrogens is 1. The van der Waals surface area contributed by atoms with Crippen molar-refractivity contribution in [2.24, 2.45) is 0 Å². The van der Waals surface area contributed by atoms with Crippen LogP contribution in [0.5, 0.6) is 5.75 Å². The number of fused-ring (bicyclic) bond motifs is 1. The summed E-state index contributed by atoms with van der Waals surface area (Å²) in [5.74, 6) is -0.105. The number of rotatable bonds is 6. The van der Waals surface area contributed by atoms with Crippen LogP contribution >= 0.6 is 11.6 Å². The summed E-state index contributed by atoms with van der Waals surface area (Å²) in [4.78, 5) is 25.8. The quantitative estimate of drug-likeness (QED) is 0.678. The molecule has 0 aliphatic rings. The van der Waals surface area contributed by atoms with Crippen LogP contribution in [0.4, 0.5) is 0 Å². The number of likely N-dealkylation sites (N-methyl/N-ethyl adjacent to an activating group) is 1. The lowest BCUT2D eigenvalue weighted by molar-refractivity contribution is -0.130. The molecule has 1 aromatic heterocycles. The molecule has 0 atom stereocenters. The molecular formula is C18H17ClN2O4. The van der Waals surface area contributed by atoms with E-state index in [1.807, 2.05) is 0 Å². The zero-order valence-corrected chi connectivity index (χ0v) is 14.4.